The quantitative estimate of drug-likeness (QED) is 0.864. The van der Waals surface area contributed by atoms with Gasteiger partial charge in [0.15, 0.2) is 0 Å². The highest BCUT2D eigenvalue weighted by atomic mass is 32.1. The van der Waals surface area contributed by atoms with Crippen LogP contribution in [0.1, 0.15) is 37.6 Å². The molecule has 0 aliphatic rings. The van der Waals surface area contributed by atoms with E-state index in [9.17, 15) is 4.79 Å². The number of aliphatic hydroxyl groups excluding tert-OH is 1. The highest BCUT2D eigenvalue weighted by Crippen LogP contribution is 2.21. The van der Waals surface area contributed by atoms with Crippen molar-refractivity contribution in [1.29, 1.82) is 0 Å². The van der Waals surface area contributed by atoms with E-state index in [0.29, 0.717) is 13.0 Å². The Bertz CT molecular complexity index is 488. The standard InChI is InChI=1S/C15H21NO2S/c1-15(2,3)9-14(18)16(4)10-13-8-12(11-19-13)6-5-7-17/h8,11,17H,7,9-10H2,1-4H3. The van der Waals surface area contributed by atoms with E-state index in [0.717, 1.165) is 10.4 Å². The Kier molecular flexibility index (Phi) is 5.59. The largest absolute Gasteiger partial charge is 0.384 e. The molecule has 0 atom stereocenters. The third-order valence-corrected chi connectivity index (χ3v) is 3.39. The van der Waals surface area contributed by atoms with Crippen LogP contribution in [0.15, 0.2) is 11.4 Å². The summed E-state index contributed by atoms with van der Waals surface area (Å²) in [6, 6.07) is 1.97. The topological polar surface area (TPSA) is 40.5 Å². The molecule has 0 aliphatic carbocycles. The summed E-state index contributed by atoms with van der Waals surface area (Å²) in [5.41, 5.74) is 0.907. The summed E-state index contributed by atoms with van der Waals surface area (Å²) in [7, 11) is 1.83. The van der Waals surface area contributed by atoms with Crippen LogP contribution in [-0.2, 0) is 11.3 Å². The Balaban J connectivity index is 2.59. The molecule has 0 spiro atoms. The van der Waals surface area contributed by atoms with Gasteiger partial charge < -0.3 is 10.0 Å². The lowest BCUT2D eigenvalue weighted by atomic mass is 9.92. The maximum atomic E-state index is 12.0. The number of nitrogens with zero attached hydrogens (tertiary/aromatic N) is 1. The first-order valence-corrected chi connectivity index (χ1v) is 7.11. The van der Waals surface area contributed by atoms with Gasteiger partial charge in [-0.15, -0.1) is 11.3 Å². The number of rotatable bonds is 3. The Morgan fingerprint density at radius 1 is 1.47 bits per heavy atom. The number of thiophene rings is 1. The van der Waals surface area contributed by atoms with Crippen LogP contribution in [0.3, 0.4) is 0 Å². The minimum Gasteiger partial charge on any atom is -0.384 e. The van der Waals surface area contributed by atoms with Crippen molar-refractivity contribution in [1.82, 2.24) is 4.90 Å². The number of hydrogen-bond acceptors (Lipinski definition) is 3. The molecule has 0 radical (unpaired) electrons. The van der Waals surface area contributed by atoms with E-state index in [4.69, 9.17) is 5.11 Å². The monoisotopic (exact) mass is 279 g/mol. The molecule has 0 unspecified atom stereocenters. The first-order valence-electron chi connectivity index (χ1n) is 6.23. The summed E-state index contributed by atoms with van der Waals surface area (Å²) in [5, 5.41) is 10.6. The van der Waals surface area contributed by atoms with E-state index < -0.39 is 0 Å². The molecule has 104 valence electrons. The molecular formula is C15H21NO2S. The minimum atomic E-state index is -0.130. The molecule has 0 aliphatic heterocycles. The van der Waals surface area contributed by atoms with Crippen LogP contribution in [0.25, 0.3) is 0 Å². The number of carbonyl (C=O) groups excluding carboxylic acids is 1. The molecule has 1 N–H and O–H groups in total. The molecule has 4 heteroatoms. The van der Waals surface area contributed by atoms with Crippen LogP contribution >= 0.6 is 11.3 Å². The first kappa shape index (κ1) is 15.7. The molecule has 19 heavy (non-hydrogen) atoms. The smallest absolute Gasteiger partial charge is 0.223 e. The van der Waals surface area contributed by atoms with Crippen LogP contribution in [0, 0.1) is 17.3 Å². The van der Waals surface area contributed by atoms with Crippen molar-refractivity contribution in [3.8, 4) is 11.8 Å². The highest BCUT2D eigenvalue weighted by Gasteiger charge is 2.19. The zero-order valence-corrected chi connectivity index (χ0v) is 12.8. The third kappa shape index (κ3) is 5.91. The van der Waals surface area contributed by atoms with Crippen LogP contribution in [0.2, 0.25) is 0 Å². The van der Waals surface area contributed by atoms with Crippen LogP contribution in [0.4, 0.5) is 0 Å². The van der Waals surface area contributed by atoms with Crippen molar-refractivity contribution in [2.75, 3.05) is 13.7 Å². The van der Waals surface area contributed by atoms with Crippen LogP contribution < -0.4 is 0 Å². The van der Waals surface area contributed by atoms with Gasteiger partial charge in [0.05, 0.1) is 6.54 Å². The molecular weight excluding hydrogens is 258 g/mol. The number of carbonyl (C=O) groups is 1. The predicted molar refractivity (Wildman–Crippen MR) is 78.8 cm³/mol. The number of hydrogen-bond donors (Lipinski definition) is 1. The van der Waals surface area contributed by atoms with Gasteiger partial charge in [-0.1, -0.05) is 32.6 Å². The van der Waals surface area contributed by atoms with Crippen molar-refractivity contribution >= 4 is 17.2 Å². The normalized spacial score (nSPS) is 10.8. The summed E-state index contributed by atoms with van der Waals surface area (Å²) >= 11 is 1.59. The van der Waals surface area contributed by atoms with Crippen molar-refractivity contribution in [3.05, 3.63) is 21.9 Å². The fourth-order valence-electron chi connectivity index (χ4n) is 1.58. The third-order valence-electron chi connectivity index (χ3n) is 2.47. The molecule has 1 aromatic heterocycles. The molecule has 0 saturated heterocycles. The fraction of sp³-hybridized carbons (Fsp3) is 0.533. The summed E-state index contributed by atoms with van der Waals surface area (Å²) in [6.45, 7) is 6.67. The summed E-state index contributed by atoms with van der Waals surface area (Å²) < 4.78 is 0. The Labute approximate surface area is 119 Å². The van der Waals surface area contributed by atoms with Gasteiger partial charge >= 0.3 is 0 Å². The van der Waals surface area contributed by atoms with Crippen molar-refractivity contribution < 1.29 is 9.90 Å². The van der Waals surface area contributed by atoms with Gasteiger partial charge in [-0.3, -0.25) is 4.79 Å². The predicted octanol–water partition coefficient (Wildman–Crippen LogP) is 2.49. The molecule has 0 fully saturated rings. The minimum absolute atomic E-state index is 0.0125. The average molecular weight is 279 g/mol. The molecule has 3 nitrogen and oxygen atoms in total. The van der Waals surface area contributed by atoms with E-state index in [2.05, 4.69) is 32.6 Å². The Morgan fingerprint density at radius 3 is 2.74 bits per heavy atom. The van der Waals surface area contributed by atoms with E-state index in [1.54, 1.807) is 16.2 Å². The summed E-state index contributed by atoms with van der Waals surface area (Å²) in [5.74, 6) is 5.64. The van der Waals surface area contributed by atoms with E-state index >= 15 is 0 Å². The van der Waals surface area contributed by atoms with Gasteiger partial charge in [0.2, 0.25) is 5.91 Å². The van der Waals surface area contributed by atoms with Crippen molar-refractivity contribution in [3.63, 3.8) is 0 Å². The summed E-state index contributed by atoms with van der Waals surface area (Å²) in [6.07, 6.45) is 0.548. The maximum Gasteiger partial charge on any atom is 0.223 e. The first-order chi connectivity index (χ1) is 8.81. The molecule has 1 amide bonds. The second-order valence-electron chi connectivity index (χ2n) is 5.75. The van der Waals surface area contributed by atoms with Crippen LogP contribution in [0.5, 0.6) is 0 Å². The van der Waals surface area contributed by atoms with Gasteiger partial charge in [-0.2, -0.15) is 0 Å². The van der Waals surface area contributed by atoms with Gasteiger partial charge in [0, 0.05) is 29.3 Å². The lowest BCUT2D eigenvalue weighted by Crippen LogP contribution is -2.29. The highest BCUT2D eigenvalue weighted by molar-refractivity contribution is 7.10. The molecule has 0 saturated carbocycles. The van der Waals surface area contributed by atoms with Gasteiger partial charge in [0.25, 0.3) is 0 Å². The second-order valence-corrected chi connectivity index (χ2v) is 6.74. The molecule has 0 aromatic carbocycles. The van der Waals surface area contributed by atoms with Gasteiger partial charge in [-0.05, 0) is 11.5 Å². The van der Waals surface area contributed by atoms with Crippen molar-refractivity contribution in [2.24, 2.45) is 5.41 Å². The molecule has 1 heterocycles. The Morgan fingerprint density at radius 2 is 2.16 bits per heavy atom. The lowest BCUT2D eigenvalue weighted by Gasteiger charge is -2.22. The molecule has 1 aromatic rings. The van der Waals surface area contributed by atoms with Crippen LogP contribution in [-0.4, -0.2) is 29.6 Å². The Hall–Kier alpha value is -1.31. The molecule has 1 rings (SSSR count). The SMILES string of the molecule is CN(Cc1cc(C#CCO)cs1)C(=O)CC(C)(C)C. The van der Waals surface area contributed by atoms with Gasteiger partial charge in [-0.25, -0.2) is 0 Å². The second kappa shape index (κ2) is 6.74. The average Bonchev–Trinajstić information content (AvgIpc) is 2.71. The number of aliphatic hydroxyl groups is 1. The zero-order chi connectivity index (χ0) is 14.5. The van der Waals surface area contributed by atoms with E-state index in [-0.39, 0.29) is 17.9 Å². The molecule has 0 bridgehead atoms. The van der Waals surface area contributed by atoms with E-state index in [1.165, 1.54) is 0 Å². The van der Waals surface area contributed by atoms with E-state index in [1.807, 2.05) is 18.5 Å². The van der Waals surface area contributed by atoms with Gasteiger partial charge in [0.1, 0.15) is 6.61 Å². The summed E-state index contributed by atoms with van der Waals surface area (Å²) in [4.78, 5) is 14.9. The van der Waals surface area contributed by atoms with Crippen molar-refractivity contribution in [2.45, 2.75) is 33.7 Å². The lowest BCUT2D eigenvalue weighted by molar-refractivity contribution is -0.132. The number of amides is 1. The fourth-order valence-corrected chi connectivity index (χ4v) is 2.45. The zero-order valence-electron chi connectivity index (χ0n) is 12.0. The maximum absolute atomic E-state index is 12.0.